The van der Waals surface area contributed by atoms with Gasteiger partial charge in [0, 0.05) is 10.8 Å². The topological polar surface area (TPSA) is 76.0 Å². The van der Waals surface area contributed by atoms with Crippen LogP contribution in [0.4, 0.5) is 0 Å². The predicted molar refractivity (Wildman–Crippen MR) is 82.3 cm³/mol. The summed E-state index contributed by atoms with van der Waals surface area (Å²) in [7, 11) is 0. The molecular weight excluding hydrogens is 286 g/mol. The lowest BCUT2D eigenvalue weighted by Crippen LogP contribution is -2.00. The highest BCUT2D eigenvalue weighted by Crippen LogP contribution is 2.21. The number of carboxylic acids is 1. The molecule has 0 saturated carbocycles. The van der Waals surface area contributed by atoms with E-state index in [1.54, 1.807) is 23.6 Å². The number of pyridine rings is 1. The van der Waals surface area contributed by atoms with E-state index in [9.17, 15) is 9.90 Å². The number of aryl methyl sites for hydroxylation is 1. The van der Waals surface area contributed by atoms with Crippen molar-refractivity contribution in [2.45, 2.75) is 6.92 Å². The van der Waals surface area contributed by atoms with Gasteiger partial charge in [0.1, 0.15) is 0 Å². The number of carboxylic acid groups (broad SMARTS) is 1. The summed E-state index contributed by atoms with van der Waals surface area (Å²) in [6, 6.07) is 7.15. The maximum absolute atomic E-state index is 11.4. The summed E-state index contributed by atoms with van der Waals surface area (Å²) in [6.07, 6.45) is 3.50. The molecule has 0 unspecified atom stereocenters. The third-order valence-electron chi connectivity index (χ3n) is 3.02. The Kier molecular flexibility index (Phi) is 3.45. The Labute approximate surface area is 124 Å². The van der Waals surface area contributed by atoms with Crippen LogP contribution in [-0.4, -0.2) is 25.6 Å². The van der Waals surface area contributed by atoms with Crippen molar-refractivity contribution >= 4 is 40.6 Å². The molecule has 0 radical (unpaired) electrons. The Morgan fingerprint density at radius 1 is 1.24 bits per heavy atom. The molecule has 6 heteroatoms. The first-order chi connectivity index (χ1) is 10.1. The molecule has 2 heterocycles. The molecule has 3 rings (SSSR count). The second-order valence-corrected chi connectivity index (χ2v) is 5.19. The first-order valence-corrected chi connectivity index (χ1v) is 7.07. The summed E-state index contributed by atoms with van der Waals surface area (Å²) in [6.45, 7) is 1.92. The minimum Gasteiger partial charge on any atom is -0.478 e. The van der Waals surface area contributed by atoms with Crippen molar-refractivity contribution < 1.29 is 9.90 Å². The van der Waals surface area contributed by atoms with E-state index in [0.717, 1.165) is 11.3 Å². The largest absolute Gasteiger partial charge is 0.478 e. The van der Waals surface area contributed by atoms with Crippen LogP contribution in [0, 0.1) is 6.92 Å². The van der Waals surface area contributed by atoms with Crippen molar-refractivity contribution in [2.75, 3.05) is 0 Å². The Hall–Kier alpha value is -2.60. The van der Waals surface area contributed by atoms with Gasteiger partial charge in [0.05, 0.1) is 22.5 Å². The minimum atomic E-state index is -0.960. The van der Waals surface area contributed by atoms with Crippen LogP contribution in [0.2, 0.25) is 0 Å². The average molecular weight is 297 g/mol. The predicted octanol–water partition coefficient (Wildman–Crippen LogP) is 3.26. The number of nitrogens with zero attached hydrogens (tertiary/aromatic N) is 3. The van der Waals surface area contributed by atoms with E-state index in [2.05, 4.69) is 14.6 Å². The van der Waals surface area contributed by atoms with E-state index in [-0.39, 0.29) is 5.56 Å². The van der Waals surface area contributed by atoms with Gasteiger partial charge < -0.3 is 5.11 Å². The van der Waals surface area contributed by atoms with Crippen molar-refractivity contribution in [3.05, 3.63) is 52.2 Å². The Morgan fingerprint density at radius 2 is 2.05 bits per heavy atom. The molecule has 0 amide bonds. The molecule has 1 aromatic carbocycles. The van der Waals surface area contributed by atoms with Crippen LogP contribution in [0.15, 0.2) is 29.6 Å². The van der Waals surface area contributed by atoms with Crippen LogP contribution in [0.25, 0.3) is 23.1 Å². The van der Waals surface area contributed by atoms with Crippen molar-refractivity contribution in [1.82, 2.24) is 14.6 Å². The molecule has 0 bridgehead atoms. The van der Waals surface area contributed by atoms with Gasteiger partial charge in [0.15, 0.2) is 0 Å². The van der Waals surface area contributed by atoms with Gasteiger partial charge in [-0.3, -0.25) is 0 Å². The lowest BCUT2D eigenvalue weighted by atomic mass is 10.1. The molecule has 104 valence electrons. The van der Waals surface area contributed by atoms with Crippen molar-refractivity contribution in [2.24, 2.45) is 0 Å². The van der Waals surface area contributed by atoms with E-state index in [1.165, 1.54) is 11.5 Å². The number of rotatable bonds is 3. The summed E-state index contributed by atoms with van der Waals surface area (Å²) < 4.78 is 3.77. The number of fused-ring (bicyclic) bond motifs is 1. The van der Waals surface area contributed by atoms with Gasteiger partial charge >= 0.3 is 5.97 Å². The van der Waals surface area contributed by atoms with Gasteiger partial charge in [0.2, 0.25) is 0 Å². The van der Waals surface area contributed by atoms with Crippen molar-refractivity contribution in [1.29, 1.82) is 0 Å². The zero-order valence-corrected chi connectivity index (χ0v) is 12.0. The smallest absolute Gasteiger partial charge is 0.336 e. The van der Waals surface area contributed by atoms with Gasteiger partial charge in [-0.15, -0.1) is 5.10 Å². The third kappa shape index (κ3) is 2.80. The number of carbonyl (C=O) groups is 1. The second kappa shape index (κ2) is 5.41. The molecule has 0 aliphatic carbocycles. The summed E-state index contributed by atoms with van der Waals surface area (Å²) in [5.74, 6) is -0.960. The van der Waals surface area contributed by atoms with Gasteiger partial charge in [-0.05, 0) is 48.8 Å². The molecule has 1 N–H and O–H groups in total. The lowest BCUT2D eigenvalue weighted by molar-refractivity contribution is 0.0699. The average Bonchev–Trinajstić information content (AvgIpc) is 2.97. The first-order valence-electron chi connectivity index (χ1n) is 6.23. The van der Waals surface area contributed by atoms with Gasteiger partial charge in [0.25, 0.3) is 0 Å². The van der Waals surface area contributed by atoms with E-state index in [1.807, 2.05) is 25.1 Å². The molecule has 3 aromatic rings. The second-order valence-electron chi connectivity index (χ2n) is 4.58. The Balaban J connectivity index is 2.12. The van der Waals surface area contributed by atoms with Crippen molar-refractivity contribution in [3.63, 3.8) is 0 Å². The molecule has 21 heavy (non-hydrogen) atoms. The number of hydrogen-bond acceptors (Lipinski definition) is 5. The zero-order chi connectivity index (χ0) is 14.8. The Morgan fingerprint density at radius 3 is 2.76 bits per heavy atom. The van der Waals surface area contributed by atoms with Crippen LogP contribution in [0.1, 0.15) is 27.3 Å². The molecule has 0 fully saturated rings. The van der Waals surface area contributed by atoms with Crippen LogP contribution in [0.5, 0.6) is 0 Å². The van der Waals surface area contributed by atoms with E-state index in [0.29, 0.717) is 16.6 Å². The van der Waals surface area contributed by atoms with Gasteiger partial charge in [-0.25, -0.2) is 9.78 Å². The molecule has 0 aliphatic heterocycles. The minimum absolute atomic E-state index is 0.250. The van der Waals surface area contributed by atoms with E-state index < -0.39 is 5.97 Å². The summed E-state index contributed by atoms with van der Waals surface area (Å²) in [5, 5.41) is 15.7. The number of hydrogen-bond donors (Lipinski definition) is 1. The summed E-state index contributed by atoms with van der Waals surface area (Å²) in [4.78, 5) is 15.9. The number of benzene rings is 1. The van der Waals surface area contributed by atoms with Crippen LogP contribution >= 0.6 is 11.5 Å². The molecule has 0 saturated heterocycles. The molecule has 2 aromatic heterocycles. The quantitative estimate of drug-likeness (QED) is 0.803. The van der Waals surface area contributed by atoms with Gasteiger partial charge in [-0.1, -0.05) is 16.1 Å². The lowest BCUT2D eigenvalue weighted by Gasteiger charge is -2.05. The SMILES string of the molecule is Cc1ccc2nc(/C=C/c3csnn3)cc(C(=O)O)c2c1. The highest BCUT2D eigenvalue weighted by molar-refractivity contribution is 7.03. The zero-order valence-electron chi connectivity index (χ0n) is 11.1. The van der Waals surface area contributed by atoms with Crippen molar-refractivity contribution in [3.8, 4) is 0 Å². The molecule has 0 spiro atoms. The maximum Gasteiger partial charge on any atom is 0.336 e. The standard InChI is InChI=1S/C15H11N3O2S/c1-9-2-5-14-12(6-9)13(15(19)20)7-10(16-14)3-4-11-8-21-18-17-11/h2-8H,1H3,(H,19,20)/b4-3+. The normalized spacial score (nSPS) is 11.3. The maximum atomic E-state index is 11.4. The van der Waals surface area contributed by atoms with E-state index in [4.69, 9.17) is 0 Å². The number of aromatic carboxylic acids is 1. The fraction of sp³-hybridized carbons (Fsp3) is 0.0667. The molecule has 5 nitrogen and oxygen atoms in total. The highest BCUT2D eigenvalue weighted by Gasteiger charge is 2.11. The fourth-order valence-electron chi connectivity index (χ4n) is 2.04. The molecule has 0 atom stereocenters. The summed E-state index contributed by atoms with van der Waals surface area (Å²) >= 11 is 1.26. The monoisotopic (exact) mass is 297 g/mol. The van der Waals surface area contributed by atoms with Crippen LogP contribution in [-0.2, 0) is 0 Å². The van der Waals surface area contributed by atoms with Crippen LogP contribution in [0.3, 0.4) is 0 Å². The fourth-order valence-corrected chi connectivity index (χ4v) is 2.46. The first kappa shape index (κ1) is 13.4. The molecular formula is C15H11N3O2S. The van der Waals surface area contributed by atoms with E-state index >= 15 is 0 Å². The summed E-state index contributed by atoms with van der Waals surface area (Å²) in [5.41, 5.74) is 3.22. The molecule has 0 aliphatic rings. The number of aromatic nitrogens is 3. The van der Waals surface area contributed by atoms with Crippen LogP contribution < -0.4 is 0 Å². The van der Waals surface area contributed by atoms with Gasteiger partial charge in [-0.2, -0.15) is 0 Å². The highest BCUT2D eigenvalue weighted by atomic mass is 32.1. The Bertz CT molecular complexity index is 842. The third-order valence-corrected chi connectivity index (χ3v) is 3.54.